The fraction of sp³-hybridized carbons (Fsp3) is 0. The topological polar surface area (TPSA) is 3.24 Å². The molecule has 0 radical (unpaired) electrons. The Balaban J connectivity index is 1.42. The van der Waals surface area contributed by atoms with Gasteiger partial charge in [-0.25, -0.2) is 0 Å². The molecule has 0 aliphatic rings. The summed E-state index contributed by atoms with van der Waals surface area (Å²) in [5, 5.41) is 7.56. The number of hydrogen-bond acceptors (Lipinski definition) is 1. The number of anilines is 3. The minimum atomic E-state index is 1.12. The highest BCUT2D eigenvalue weighted by molar-refractivity contribution is 6.23. The Kier molecular flexibility index (Phi) is 6.20. The fourth-order valence-corrected chi connectivity index (χ4v) is 6.42. The summed E-state index contributed by atoms with van der Waals surface area (Å²) >= 11 is 0. The number of para-hydroxylation sites is 1. The molecule has 1 nitrogen and oxygen atoms in total. The lowest BCUT2D eigenvalue weighted by Gasteiger charge is -2.30. The van der Waals surface area contributed by atoms with E-state index in [0.717, 1.165) is 17.1 Å². The smallest absolute Gasteiger partial charge is 0.0546 e. The SMILES string of the molecule is c1ccc(-c2ccc(N(c3ccccc3-c3ccccc3)c3cc4ccc5ccccc5c4c4ccccc34)cc2)cc1. The molecular weight excluding hydrogens is 518 g/mol. The molecule has 0 amide bonds. The number of benzene rings is 8. The van der Waals surface area contributed by atoms with Crippen molar-refractivity contribution in [2.45, 2.75) is 0 Å². The predicted molar refractivity (Wildman–Crippen MR) is 185 cm³/mol. The monoisotopic (exact) mass is 547 g/mol. The van der Waals surface area contributed by atoms with Gasteiger partial charge in [-0.2, -0.15) is 0 Å². The molecule has 8 aromatic rings. The van der Waals surface area contributed by atoms with Crippen molar-refractivity contribution in [3.8, 4) is 22.3 Å². The van der Waals surface area contributed by atoms with Gasteiger partial charge in [0.05, 0.1) is 11.4 Å². The van der Waals surface area contributed by atoms with Crippen molar-refractivity contribution in [3.05, 3.63) is 176 Å². The zero-order chi connectivity index (χ0) is 28.6. The first kappa shape index (κ1) is 25.1. The van der Waals surface area contributed by atoms with E-state index in [4.69, 9.17) is 0 Å². The molecule has 0 fully saturated rings. The Morgan fingerprint density at radius 1 is 0.326 bits per heavy atom. The van der Waals surface area contributed by atoms with E-state index in [2.05, 4.69) is 181 Å². The van der Waals surface area contributed by atoms with E-state index in [1.807, 2.05) is 0 Å². The van der Waals surface area contributed by atoms with E-state index in [1.54, 1.807) is 0 Å². The molecule has 0 aliphatic heterocycles. The normalized spacial score (nSPS) is 11.3. The maximum atomic E-state index is 2.44. The van der Waals surface area contributed by atoms with Crippen LogP contribution in [-0.4, -0.2) is 0 Å². The van der Waals surface area contributed by atoms with Crippen LogP contribution in [0.15, 0.2) is 176 Å². The second kappa shape index (κ2) is 10.6. The summed E-state index contributed by atoms with van der Waals surface area (Å²) in [6.45, 7) is 0. The van der Waals surface area contributed by atoms with Crippen LogP contribution in [0.1, 0.15) is 0 Å². The van der Waals surface area contributed by atoms with Crippen LogP contribution in [0.5, 0.6) is 0 Å². The average molecular weight is 548 g/mol. The van der Waals surface area contributed by atoms with Crippen LogP contribution in [0.25, 0.3) is 54.6 Å². The van der Waals surface area contributed by atoms with E-state index in [9.17, 15) is 0 Å². The van der Waals surface area contributed by atoms with Gasteiger partial charge < -0.3 is 4.90 Å². The first-order chi connectivity index (χ1) is 21.3. The van der Waals surface area contributed by atoms with E-state index >= 15 is 0 Å². The van der Waals surface area contributed by atoms with Crippen LogP contribution in [0.2, 0.25) is 0 Å². The molecule has 0 unspecified atom stereocenters. The minimum absolute atomic E-state index is 1.12. The fourth-order valence-electron chi connectivity index (χ4n) is 6.42. The predicted octanol–water partition coefficient (Wildman–Crippen LogP) is 11.9. The summed E-state index contributed by atoms with van der Waals surface area (Å²) < 4.78 is 0. The molecule has 0 aromatic heterocycles. The second-order valence-corrected chi connectivity index (χ2v) is 11.0. The molecule has 8 aromatic carbocycles. The lowest BCUT2D eigenvalue weighted by Crippen LogP contribution is -2.12. The second-order valence-electron chi connectivity index (χ2n) is 11.0. The van der Waals surface area contributed by atoms with Crippen molar-refractivity contribution in [2.24, 2.45) is 0 Å². The van der Waals surface area contributed by atoms with Gasteiger partial charge in [-0.15, -0.1) is 0 Å². The van der Waals surface area contributed by atoms with Crippen LogP contribution in [0.4, 0.5) is 17.1 Å². The third kappa shape index (κ3) is 4.43. The zero-order valence-corrected chi connectivity index (χ0v) is 23.7. The number of hydrogen-bond donors (Lipinski definition) is 0. The molecule has 1 heteroatoms. The van der Waals surface area contributed by atoms with Crippen molar-refractivity contribution in [3.63, 3.8) is 0 Å². The molecule has 0 atom stereocenters. The average Bonchev–Trinajstić information content (AvgIpc) is 3.09. The summed E-state index contributed by atoms with van der Waals surface area (Å²) in [5.74, 6) is 0. The molecule has 0 N–H and O–H groups in total. The van der Waals surface area contributed by atoms with Crippen molar-refractivity contribution in [1.82, 2.24) is 0 Å². The van der Waals surface area contributed by atoms with Gasteiger partial charge >= 0.3 is 0 Å². The summed E-state index contributed by atoms with van der Waals surface area (Å²) in [5.41, 5.74) is 8.23. The minimum Gasteiger partial charge on any atom is -0.309 e. The van der Waals surface area contributed by atoms with Crippen molar-refractivity contribution in [2.75, 3.05) is 4.90 Å². The summed E-state index contributed by atoms with van der Waals surface area (Å²) in [6.07, 6.45) is 0. The van der Waals surface area contributed by atoms with Crippen LogP contribution in [0, 0.1) is 0 Å². The van der Waals surface area contributed by atoms with Gasteiger partial charge in [-0.05, 0) is 67.9 Å². The Hall–Kier alpha value is -5.66. The number of nitrogens with zero attached hydrogens (tertiary/aromatic N) is 1. The van der Waals surface area contributed by atoms with Crippen molar-refractivity contribution in [1.29, 1.82) is 0 Å². The van der Waals surface area contributed by atoms with E-state index < -0.39 is 0 Å². The van der Waals surface area contributed by atoms with Crippen LogP contribution in [-0.2, 0) is 0 Å². The van der Waals surface area contributed by atoms with Gasteiger partial charge in [0.1, 0.15) is 0 Å². The van der Waals surface area contributed by atoms with Gasteiger partial charge in [-0.1, -0.05) is 152 Å². The third-order valence-corrected chi connectivity index (χ3v) is 8.43. The number of rotatable bonds is 5. The molecule has 0 spiro atoms. The third-order valence-electron chi connectivity index (χ3n) is 8.43. The molecule has 0 aliphatic carbocycles. The molecule has 8 rings (SSSR count). The van der Waals surface area contributed by atoms with E-state index in [1.165, 1.54) is 54.6 Å². The van der Waals surface area contributed by atoms with Gasteiger partial charge in [0, 0.05) is 16.6 Å². The van der Waals surface area contributed by atoms with Crippen LogP contribution >= 0.6 is 0 Å². The van der Waals surface area contributed by atoms with Crippen molar-refractivity contribution < 1.29 is 0 Å². The Morgan fingerprint density at radius 3 is 1.65 bits per heavy atom. The van der Waals surface area contributed by atoms with Crippen LogP contribution in [0.3, 0.4) is 0 Å². The first-order valence-electron chi connectivity index (χ1n) is 14.8. The highest BCUT2D eigenvalue weighted by Gasteiger charge is 2.21. The van der Waals surface area contributed by atoms with Crippen LogP contribution < -0.4 is 4.90 Å². The van der Waals surface area contributed by atoms with Gasteiger partial charge in [0.15, 0.2) is 0 Å². The van der Waals surface area contributed by atoms with E-state index in [-0.39, 0.29) is 0 Å². The quantitative estimate of drug-likeness (QED) is 0.194. The molecule has 202 valence electrons. The maximum absolute atomic E-state index is 2.44. The Labute approximate surface area is 251 Å². The summed E-state index contributed by atoms with van der Waals surface area (Å²) in [7, 11) is 0. The van der Waals surface area contributed by atoms with Gasteiger partial charge in [0.25, 0.3) is 0 Å². The van der Waals surface area contributed by atoms with Gasteiger partial charge in [0.2, 0.25) is 0 Å². The first-order valence-corrected chi connectivity index (χ1v) is 14.8. The maximum Gasteiger partial charge on any atom is 0.0546 e. The van der Waals surface area contributed by atoms with E-state index in [0.29, 0.717) is 0 Å². The molecular formula is C42H29N. The largest absolute Gasteiger partial charge is 0.309 e. The molecule has 43 heavy (non-hydrogen) atoms. The Bertz CT molecular complexity index is 2220. The lowest BCUT2D eigenvalue weighted by molar-refractivity contribution is 1.30. The standard InChI is InChI=1S/C42H29N/c1-3-13-30(14-4-1)31-25-27-35(28-26-31)43(40-22-12-11-18-36(40)32-15-5-2-6-16-32)41-29-34-24-23-33-17-7-8-19-37(33)42(34)39-21-10-9-20-38(39)41/h1-29H. The van der Waals surface area contributed by atoms with Crippen molar-refractivity contribution >= 4 is 49.4 Å². The highest BCUT2D eigenvalue weighted by atomic mass is 15.1. The molecule has 0 heterocycles. The summed E-state index contributed by atoms with van der Waals surface area (Å²) in [6, 6.07) is 63.4. The lowest BCUT2D eigenvalue weighted by atomic mass is 9.94. The number of fused-ring (bicyclic) bond motifs is 5. The Morgan fingerprint density at radius 2 is 0.884 bits per heavy atom. The zero-order valence-electron chi connectivity index (χ0n) is 23.7. The van der Waals surface area contributed by atoms with Gasteiger partial charge in [-0.3, -0.25) is 0 Å². The molecule has 0 saturated heterocycles. The highest BCUT2D eigenvalue weighted by Crippen LogP contribution is 2.46. The molecule has 0 bridgehead atoms. The summed E-state index contributed by atoms with van der Waals surface area (Å²) in [4.78, 5) is 2.44. The molecule has 0 saturated carbocycles.